The molecule has 0 aliphatic rings. The minimum absolute atomic E-state index is 0.0672. The highest BCUT2D eigenvalue weighted by molar-refractivity contribution is 5.64. The number of nitro groups is 1. The Kier molecular flexibility index (Phi) is 4.15. The normalized spacial score (nSPS) is 11.7. The van der Waals surface area contributed by atoms with E-state index >= 15 is 0 Å². The van der Waals surface area contributed by atoms with Gasteiger partial charge in [0.15, 0.2) is 17.3 Å². The smallest absolute Gasteiger partial charge is 0.295 e. The maximum Gasteiger partial charge on any atom is 0.295 e. The summed E-state index contributed by atoms with van der Waals surface area (Å²) in [5.74, 6) is -2.90. The average Bonchev–Trinajstić information content (AvgIpc) is 2.31. The number of hydrogen-bond acceptors (Lipinski definition) is 4. The molecule has 0 aromatic heterocycles. The fourth-order valence-corrected chi connectivity index (χ4v) is 1.58. The first-order valence-electron chi connectivity index (χ1n) is 5.11. The van der Waals surface area contributed by atoms with Gasteiger partial charge in [0.1, 0.15) is 0 Å². The standard InChI is InChI=1S/C11H11F2N3O2/c1-7(5-14)6-15(2)11-9(16(17)18)4-3-8(12)10(11)13/h3-4,7H,6H2,1-2H3. The van der Waals surface area contributed by atoms with Crippen LogP contribution in [0.1, 0.15) is 6.92 Å². The molecule has 1 unspecified atom stereocenters. The molecule has 7 heteroatoms. The molecule has 1 aromatic rings. The molecule has 0 aliphatic heterocycles. The maximum atomic E-state index is 13.6. The van der Waals surface area contributed by atoms with Gasteiger partial charge in [-0.1, -0.05) is 0 Å². The number of anilines is 1. The van der Waals surface area contributed by atoms with Crippen LogP contribution in [0, 0.1) is 39.0 Å². The van der Waals surface area contributed by atoms with E-state index in [1.54, 1.807) is 6.92 Å². The molecule has 0 N–H and O–H groups in total. The van der Waals surface area contributed by atoms with Gasteiger partial charge in [0, 0.05) is 19.7 Å². The Hall–Kier alpha value is -2.23. The molecule has 0 bridgehead atoms. The van der Waals surface area contributed by atoms with Gasteiger partial charge in [0.05, 0.1) is 16.9 Å². The van der Waals surface area contributed by atoms with Crippen LogP contribution in [0.15, 0.2) is 12.1 Å². The number of hydrogen-bond donors (Lipinski definition) is 0. The molecule has 18 heavy (non-hydrogen) atoms. The van der Waals surface area contributed by atoms with Crippen LogP contribution in [0.4, 0.5) is 20.2 Å². The van der Waals surface area contributed by atoms with Crippen molar-refractivity contribution in [2.24, 2.45) is 5.92 Å². The Morgan fingerprint density at radius 1 is 1.56 bits per heavy atom. The molecule has 1 aromatic carbocycles. The van der Waals surface area contributed by atoms with E-state index in [2.05, 4.69) is 0 Å². The molecule has 1 rings (SSSR count). The molecule has 0 spiro atoms. The Labute approximate surface area is 102 Å². The number of nitrogens with zero attached hydrogens (tertiary/aromatic N) is 3. The summed E-state index contributed by atoms with van der Waals surface area (Å²) in [7, 11) is 1.37. The fourth-order valence-electron chi connectivity index (χ4n) is 1.58. The first-order valence-corrected chi connectivity index (χ1v) is 5.11. The quantitative estimate of drug-likeness (QED) is 0.612. The van der Waals surface area contributed by atoms with Crippen LogP contribution in [0.3, 0.4) is 0 Å². The summed E-state index contributed by atoms with van der Waals surface area (Å²) in [5.41, 5.74) is -0.969. The summed E-state index contributed by atoms with van der Waals surface area (Å²) in [6, 6.07) is 3.53. The molecule has 0 saturated heterocycles. The van der Waals surface area contributed by atoms with Crippen LogP contribution >= 0.6 is 0 Å². The van der Waals surface area contributed by atoms with Crippen molar-refractivity contribution in [3.63, 3.8) is 0 Å². The summed E-state index contributed by atoms with van der Waals surface area (Å²) in [6.45, 7) is 1.65. The van der Waals surface area contributed by atoms with E-state index in [1.807, 2.05) is 6.07 Å². The highest BCUT2D eigenvalue weighted by atomic mass is 19.2. The van der Waals surface area contributed by atoms with Gasteiger partial charge in [-0.2, -0.15) is 5.26 Å². The summed E-state index contributed by atoms with van der Waals surface area (Å²) in [6.07, 6.45) is 0. The predicted molar refractivity (Wildman–Crippen MR) is 61.1 cm³/mol. The minimum Gasteiger partial charge on any atom is -0.365 e. The molecule has 1 atom stereocenters. The van der Waals surface area contributed by atoms with Crippen LogP contribution in [0.25, 0.3) is 0 Å². The Balaban J connectivity index is 3.24. The Morgan fingerprint density at radius 3 is 2.67 bits per heavy atom. The van der Waals surface area contributed by atoms with E-state index in [9.17, 15) is 18.9 Å². The number of benzene rings is 1. The van der Waals surface area contributed by atoms with Gasteiger partial charge >= 0.3 is 0 Å². The van der Waals surface area contributed by atoms with Gasteiger partial charge in [0.25, 0.3) is 5.69 Å². The first kappa shape index (κ1) is 13.8. The lowest BCUT2D eigenvalue weighted by Crippen LogP contribution is -2.25. The summed E-state index contributed by atoms with van der Waals surface area (Å²) in [4.78, 5) is 11.2. The monoisotopic (exact) mass is 255 g/mol. The Bertz CT molecular complexity index is 514. The van der Waals surface area contributed by atoms with Gasteiger partial charge in [-0.3, -0.25) is 10.1 Å². The maximum absolute atomic E-state index is 13.6. The van der Waals surface area contributed by atoms with Crippen molar-refractivity contribution in [3.8, 4) is 6.07 Å². The van der Waals surface area contributed by atoms with Crippen molar-refractivity contribution in [3.05, 3.63) is 33.9 Å². The first-order chi connectivity index (χ1) is 8.38. The zero-order valence-electron chi connectivity index (χ0n) is 9.85. The SMILES string of the molecule is CC(C#N)CN(C)c1c([N+](=O)[O-])ccc(F)c1F. The van der Waals surface area contributed by atoms with Crippen molar-refractivity contribution in [1.82, 2.24) is 0 Å². The van der Waals surface area contributed by atoms with E-state index in [-0.39, 0.29) is 6.54 Å². The lowest BCUT2D eigenvalue weighted by atomic mass is 10.1. The second-order valence-corrected chi connectivity index (χ2v) is 3.90. The highest BCUT2D eigenvalue weighted by Gasteiger charge is 2.25. The lowest BCUT2D eigenvalue weighted by Gasteiger charge is -2.20. The number of halogens is 2. The van der Waals surface area contributed by atoms with Crippen LogP contribution < -0.4 is 4.90 Å². The largest absolute Gasteiger partial charge is 0.365 e. The number of rotatable bonds is 4. The second kappa shape index (κ2) is 5.40. The zero-order chi connectivity index (χ0) is 13.9. The van der Waals surface area contributed by atoms with Crippen LogP contribution in [-0.4, -0.2) is 18.5 Å². The van der Waals surface area contributed by atoms with Gasteiger partial charge in [-0.15, -0.1) is 0 Å². The lowest BCUT2D eigenvalue weighted by molar-refractivity contribution is -0.384. The van der Waals surface area contributed by atoms with Gasteiger partial charge < -0.3 is 4.90 Å². The summed E-state index contributed by atoms with van der Waals surface area (Å²) in [5, 5.41) is 19.4. The van der Waals surface area contributed by atoms with Gasteiger partial charge in [-0.05, 0) is 13.0 Å². The Morgan fingerprint density at radius 2 is 2.17 bits per heavy atom. The van der Waals surface area contributed by atoms with Gasteiger partial charge in [0.2, 0.25) is 0 Å². The molecular formula is C11H11F2N3O2. The third-order valence-corrected chi connectivity index (χ3v) is 2.39. The van der Waals surface area contributed by atoms with Crippen molar-refractivity contribution < 1.29 is 13.7 Å². The minimum atomic E-state index is -1.28. The third kappa shape index (κ3) is 2.71. The second-order valence-electron chi connectivity index (χ2n) is 3.90. The fraction of sp³-hybridized carbons (Fsp3) is 0.364. The summed E-state index contributed by atoms with van der Waals surface area (Å²) < 4.78 is 26.7. The number of nitro benzene ring substituents is 1. The topological polar surface area (TPSA) is 70.2 Å². The number of nitriles is 1. The van der Waals surface area contributed by atoms with Crippen molar-refractivity contribution in [2.75, 3.05) is 18.5 Å². The van der Waals surface area contributed by atoms with Crippen molar-refractivity contribution in [1.29, 1.82) is 5.26 Å². The van der Waals surface area contributed by atoms with Crippen LogP contribution in [0.2, 0.25) is 0 Å². The average molecular weight is 255 g/mol. The zero-order valence-corrected chi connectivity index (χ0v) is 9.85. The molecule has 0 amide bonds. The van der Waals surface area contributed by atoms with E-state index < -0.39 is 33.9 Å². The van der Waals surface area contributed by atoms with Crippen LogP contribution in [0.5, 0.6) is 0 Å². The predicted octanol–water partition coefficient (Wildman–Crippen LogP) is 2.47. The summed E-state index contributed by atoms with van der Waals surface area (Å²) >= 11 is 0. The van der Waals surface area contributed by atoms with Crippen molar-refractivity contribution >= 4 is 11.4 Å². The molecule has 5 nitrogen and oxygen atoms in total. The molecular weight excluding hydrogens is 244 g/mol. The van der Waals surface area contributed by atoms with Crippen molar-refractivity contribution in [2.45, 2.75) is 6.92 Å². The van der Waals surface area contributed by atoms with Crippen LogP contribution in [-0.2, 0) is 0 Å². The van der Waals surface area contributed by atoms with E-state index in [1.165, 1.54) is 11.9 Å². The third-order valence-electron chi connectivity index (χ3n) is 2.39. The molecule has 0 radical (unpaired) electrons. The molecule has 96 valence electrons. The molecule has 0 heterocycles. The molecule has 0 aliphatic carbocycles. The van der Waals surface area contributed by atoms with Gasteiger partial charge in [-0.25, -0.2) is 8.78 Å². The van der Waals surface area contributed by atoms with E-state index in [0.717, 1.165) is 6.07 Å². The van der Waals surface area contributed by atoms with E-state index in [4.69, 9.17) is 5.26 Å². The van der Waals surface area contributed by atoms with E-state index in [0.29, 0.717) is 6.07 Å². The highest BCUT2D eigenvalue weighted by Crippen LogP contribution is 2.32. The molecule has 0 saturated carbocycles. The molecule has 0 fully saturated rings.